The molecule has 1 aliphatic rings. The molecule has 0 bridgehead atoms. The van der Waals surface area contributed by atoms with E-state index in [1.54, 1.807) is 15.9 Å². The summed E-state index contributed by atoms with van der Waals surface area (Å²) in [4.78, 5) is 5.90. The molecule has 1 aromatic carbocycles. The van der Waals surface area contributed by atoms with Crippen LogP contribution in [0, 0.1) is 0 Å². The molecule has 4 rings (SSSR count). The van der Waals surface area contributed by atoms with Gasteiger partial charge in [-0.1, -0.05) is 38.0 Å². The Hall–Kier alpha value is -1.81. The van der Waals surface area contributed by atoms with Crippen molar-refractivity contribution in [3.63, 3.8) is 0 Å². The van der Waals surface area contributed by atoms with Crippen molar-refractivity contribution in [3.05, 3.63) is 52.1 Å². The molecule has 0 saturated carbocycles. The molecule has 0 spiro atoms. The number of nitrogens with zero attached hydrogens (tertiary/aromatic N) is 2. The SMILES string of the molecule is CCCCCc1cnc(Cc2cn([C@@H]3O[C@H](CO)[C@@H](O)[C@H](O)[C@H]3O)c3ccccc23)s1. The van der Waals surface area contributed by atoms with E-state index in [0.29, 0.717) is 6.42 Å². The van der Waals surface area contributed by atoms with E-state index in [1.165, 1.54) is 24.1 Å². The Morgan fingerprint density at radius 3 is 2.68 bits per heavy atom. The molecule has 3 aromatic rings. The average molecular weight is 447 g/mol. The molecule has 1 fully saturated rings. The lowest BCUT2D eigenvalue weighted by Crippen LogP contribution is -2.56. The summed E-state index contributed by atoms with van der Waals surface area (Å²) in [6.45, 7) is 1.75. The van der Waals surface area contributed by atoms with Gasteiger partial charge in [-0.2, -0.15) is 0 Å². The summed E-state index contributed by atoms with van der Waals surface area (Å²) in [5.41, 5.74) is 1.89. The molecule has 0 amide bonds. The predicted octanol–water partition coefficient (Wildman–Crippen LogP) is 2.39. The summed E-state index contributed by atoms with van der Waals surface area (Å²) in [5.74, 6) is 0. The fourth-order valence-corrected chi connectivity index (χ4v) is 5.19. The summed E-state index contributed by atoms with van der Waals surface area (Å²) in [5, 5.41) is 42.5. The van der Waals surface area contributed by atoms with Crippen LogP contribution < -0.4 is 0 Å². The van der Waals surface area contributed by atoms with E-state index in [4.69, 9.17) is 4.74 Å². The van der Waals surface area contributed by atoms with Gasteiger partial charge in [-0.05, 0) is 24.5 Å². The van der Waals surface area contributed by atoms with Crippen molar-refractivity contribution < 1.29 is 25.2 Å². The largest absolute Gasteiger partial charge is 0.394 e. The fourth-order valence-electron chi connectivity index (χ4n) is 4.20. The predicted molar refractivity (Wildman–Crippen MR) is 119 cm³/mol. The highest BCUT2D eigenvalue weighted by atomic mass is 32.1. The molecule has 31 heavy (non-hydrogen) atoms. The van der Waals surface area contributed by atoms with Crippen LogP contribution in [0.25, 0.3) is 10.9 Å². The van der Waals surface area contributed by atoms with Gasteiger partial charge in [0, 0.05) is 29.1 Å². The van der Waals surface area contributed by atoms with Gasteiger partial charge in [-0.15, -0.1) is 11.3 Å². The molecule has 168 valence electrons. The van der Waals surface area contributed by atoms with Crippen molar-refractivity contribution in [1.29, 1.82) is 0 Å². The summed E-state index contributed by atoms with van der Waals surface area (Å²) in [6, 6.07) is 7.81. The van der Waals surface area contributed by atoms with Crippen molar-refractivity contribution in [2.24, 2.45) is 0 Å². The Bertz CT molecular complexity index is 1000. The molecule has 0 unspecified atom stereocenters. The monoisotopic (exact) mass is 446 g/mol. The number of hydrogen-bond donors (Lipinski definition) is 4. The first-order valence-electron chi connectivity index (χ1n) is 10.9. The van der Waals surface area contributed by atoms with Gasteiger partial charge in [-0.3, -0.25) is 0 Å². The zero-order valence-corrected chi connectivity index (χ0v) is 18.4. The Morgan fingerprint density at radius 2 is 1.90 bits per heavy atom. The van der Waals surface area contributed by atoms with Crippen LogP contribution in [-0.4, -0.2) is 61.0 Å². The molecule has 8 heteroatoms. The third-order valence-corrected chi connectivity index (χ3v) is 6.99. The normalized spacial score (nSPS) is 26.5. The number of aliphatic hydroxyl groups excluding tert-OH is 4. The van der Waals surface area contributed by atoms with Gasteiger partial charge in [0.25, 0.3) is 0 Å². The molecular weight excluding hydrogens is 416 g/mol. The van der Waals surface area contributed by atoms with E-state index in [0.717, 1.165) is 27.9 Å². The number of aliphatic hydroxyl groups is 4. The van der Waals surface area contributed by atoms with Crippen LogP contribution in [0.4, 0.5) is 0 Å². The molecule has 4 N–H and O–H groups in total. The molecule has 7 nitrogen and oxygen atoms in total. The minimum absolute atomic E-state index is 0.451. The molecule has 0 aliphatic carbocycles. The molecular formula is C23H30N2O5S. The Kier molecular flexibility index (Phi) is 7.05. The number of aromatic nitrogens is 2. The lowest BCUT2D eigenvalue weighted by Gasteiger charge is -2.40. The zero-order chi connectivity index (χ0) is 22.0. The van der Waals surface area contributed by atoms with Gasteiger partial charge in [0.1, 0.15) is 24.4 Å². The number of para-hydroxylation sites is 1. The third kappa shape index (κ3) is 4.55. The van der Waals surface area contributed by atoms with Crippen molar-refractivity contribution >= 4 is 22.2 Å². The van der Waals surface area contributed by atoms with Crippen molar-refractivity contribution in [3.8, 4) is 0 Å². The fraction of sp³-hybridized carbons (Fsp3) is 0.522. The number of thiazole rings is 1. The second kappa shape index (κ2) is 9.77. The van der Waals surface area contributed by atoms with Crippen LogP contribution in [-0.2, 0) is 17.6 Å². The van der Waals surface area contributed by atoms with Gasteiger partial charge in [0.2, 0.25) is 0 Å². The van der Waals surface area contributed by atoms with E-state index < -0.39 is 37.3 Å². The van der Waals surface area contributed by atoms with E-state index in [-0.39, 0.29) is 0 Å². The van der Waals surface area contributed by atoms with Gasteiger partial charge in [0.15, 0.2) is 6.23 Å². The zero-order valence-electron chi connectivity index (χ0n) is 17.6. The van der Waals surface area contributed by atoms with Crippen LogP contribution in [0.3, 0.4) is 0 Å². The molecule has 1 aliphatic heterocycles. The first-order valence-corrected chi connectivity index (χ1v) is 11.7. The maximum atomic E-state index is 10.6. The summed E-state index contributed by atoms with van der Waals surface area (Å²) in [7, 11) is 0. The lowest BCUT2D eigenvalue weighted by molar-refractivity contribution is -0.250. The van der Waals surface area contributed by atoms with Crippen LogP contribution in [0.1, 0.15) is 47.9 Å². The highest BCUT2D eigenvalue weighted by Crippen LogP contribution is 2.34. The Balaban J connectivity index is 1.62. The molecule has 2 aromatic heterocycles. The van der Waals surface area contributed by atoms with Crippen LogP contribution in [0.5, 0.6) is 0 Å². The first-order chi connectivity index (χ1) is 15.0. The van der Waals surface area contributed by atoms with Gasteiger partial charge < -0.3 is 29.7 Å². The summed E-state index contributed by atoms with van der Waals surface area (Å²) in [6.07, 6.45) is 3.20. The molecule has 1 saturated heterocycles. The molecule has 3 heterocycles. The van der Waals surface area contributed by atoms with E-state index >= 15 is 0 Å². The third-order valence-electron chi connectivity index (χ3n) is 5.93. The minimum Gasteiger partial charge on any atom is -0.394 e. The van der Waals surface area contributed by atoms with Gasteiger partial charge in [0.05, 0.1) is 17.1 Å². The first kappa shape index (κ1) is 22.4. The minimum atomic E-state index is -1.41. The number of aryl methyl sites for hydroxylation is 1. The van der Waals surface area contributed by atoms with E-state index in [9.17, 15) is 20.4 Å². The number of unbranched alkanes of at least 4 members (excludes halogenated alkanes) is 2. The maximum absolute atomic E-state index is 10.6. The quantitative estimate of drug-likeness (QED) is 0.396. The van der Waals surface area contributed by atoms with Crippen LogP contribution in [0.15, 0.2) is 36.7 Å². The smallest absolute Gasteiger partial charge is 0.163 e. The number of ether oxygens (including phenoxy) is 1. The average Bonchev–Trinajstić information content (AvgIpc) is 3.38. The lowest BCUT2D eigenvalue weighted by atomic mass is 9.98. The number of benzene rings is 1. The van der Waals surface area contributed by atoms with Crippen LogP contribution in [0.2, 0.25) is 0 Å². The van der Waals surface area contributed by atoms with Gasteiger partial charge >= 0.3 is 0 Å². The topological polar surface area (TPSA) is 108 Å². The van der Waals surface area contributed by atoms with Crippen molar-refractivity contribution in [1.82, 2.24) is 9.55 Å². The highest BCUT2D eigenvalue weighted by Gasteiger charge is 2.44. The summed E-state index contributed by atoms with van der Waals surface area (Å²) >= 11 is 1.73. The maximum Gasteiger partial charge on any atom is 0.163 e. The van der Waals surface area contributed by atoms with Crippen molar-refractivity contribution in [2.75, 3.05) is 6.61 Å². The van der Waals surface area contributed by atoms with Gasteiger partial charge in [-0.25, -0.2) is 4.98 Å². The second-order valence-corrected chi connectivity index (χ2v) is 9.35. The number of fused-ring (bicyclic) bond motifs is 1. The van der Waals surface area contributed by atoms with Crippen LogP contribution >= 0.6 is 11.3 Å². The highest BCUT2D eigenvalue weighted by molar-refractivity contribution is 7.11. The molecule has 5 atom stereocenters. The molecule has 0 radical (unpaired) electrons. The number of rotatable bonds is 8. The second-order valence-electron chi connectivity index (χ2n) is 8.15. The standard InChI is InChI=1S/C23H30N2O5S/c1-2-3-4-7-15-11-24-19(31-15)10-14-12-25(17-9-6-5-8-16(14)17)23-22(29)21(28)20(27)18(13-26)30-23/h5-6,8-9,11-12,18,20-23,26-29H,2-4,7,10,13H2,1H3/t18-,20-,21+,22-,23-/m1/s1. The number of hydrogen-bond acceptors (Lipinski definition) is 7. The van der Waals surface area contributed by atoms with E-state index in [2.05, 4.69) is 11.9 Å². The Labute approximate surface area is 185 Å². The summed E-state index contributed by atoms with van der Waals surface area (Å²) < 4.78 is 7.57. The Morgan fingerprint density at radius 1 is 1.10 bits per heavy atom. The van der Waals surface area contributed by atoms with E-state index in [1.807, 2.05) is 36.7 Å². The van der Waals surface area contributed by atoms with Crippen molar-refractivity contribution in [2.45, 2.75) is 69.7 Å².